The summed E-state index contributed by atoms with van der Waals surface area (Å²) in [6, 6.07) is 5.71. The number of carbonyl (C=O) groups is 2. The number of hydrogen-bond acceptors (Lipinski definition) is 8. The number of likely N-dealkylation sites (tertiary alicyclic amines) is 1. The number of halogens is 1. The highest BCUT2D eigenvalue weighted by Crippen LogP contribution is 2.37. The summed E-state index contributed by atoms with van der Waals surface area (Å²) in [5.41, 5.74) is 6.72. The van der Waals surface area contributed by atoms with E-state index in [0.29, 0.717) is 29.7 Å². The van der Waals surface area contributed by atoms with Crippen molar-refractivity contribution in [3.63, 3.8) is 0 Å². The van der Waals surface area contributed by atoms with Gasteiger partial charge in [-0.2, -0.15) is 0 Å². The third-order valence-electron chi connectivity index (χ3n) is 5.36. The summed E-state index contributed by atoms with van der Waals surface area (Å²) in [7, 11) is 1.61. The zero-order valence-corrected chi connectivity index (χ0v) is 21.5. The van der Waals surface area contributed by atoms with Crippen LogP contribution in [-0.4, -0.2) is 58.9 Å². The SMILES string of the molecule is COc1cc(Nc2nc(SC)nc(Cl)c2C(N)=O)ccc1C1CCN(C(=O)OC(C)(C)C)CC1. The maximum atomic E-state index is 12.4. The molecule has 1 aromatic heterocycles. The van der Waals surface area contributed by atoms with Crippen LogP contribution in [0.15, 0.2) is 23.4 Å². The quantitative estimate of drug-likeness (QED) is 0.324. The van der Waals surface area contributed by atoms with Crippen molar-refractivity contribution in [2.24, 2.45) is 5.73 Å². The topological polar surface area (TPSA) is 120 Å². The van der Waals surface area contributed by atoms with E-state index in [9.17, 15) is 9.59 Å². The lowest BCUT2D eigenvalue weighted by atomic mass is 9.88. The fourth-order valence-corrected chi connectivity index (χ4v) is 4.45. The molecule has 1 aromatic carbocycles. The van der Waals surface area contributed by atoms with E-state index in [0.717, 1.165) is 18.4 Å². The van der Waals surface area contributed by atoms with Crippen molar-refractivity contribution in [1.82, 2.24) is 14.9 Å². The molecule has 0 atom stereocenters. The molecule has 34 heavy (non-hydrogen) atoms. The van der Waals surface area contributed by atoms with E-state index in [4.69, 9.17) is 26.8 Å². The van der Waals surface area contributed by atoms with Gasteiger partial charge in [-0.15, -0.1) is 0 Å². The van der Waals surface area contributed by atoms with Crippen LogP contribution in [0.4, 0.5) is 16.3 Å². The van der Waals surface area contributed by atoms with Crippen molar-refractivity contribution < 1.29 is 19.1 Å². The number of aromatic nitrogens is 2. The van der Waals surface area contributed by atoms with E-state index in [1.54, 1.807) is 12.0 Å². The van der Waals surface area contributed by atoms with Crippen LogP contribution in [0.5, 0.6) is 5.75 Å². The molecule has 3 N–H and O–H groups in total. The molecule has 0 unspecified atom stereocenters. The molecule has 1 fully saturated rings. The van der Waals surface area contributed by atoms with E-state index in [2.05, 4.69) is 15.3 Å². The number of amides is 2. The van der Waals surface area contributed by atoms with E-state index in [1.165, 1.54) is 11.8 Å². The molecule has 1 saturated heterocycles. The number of piperidine rings is 1. The summed E-state index contributed by atoms with van der Waals surface area (Å²) >= 11 is 7.46. The maximum absolute atomic E-state index is 12.4. The Morgan fingerprint density at radius 3 is 2.47 bits per heavy atom. The summed E-state index contributed by atoms with van der Waals surface area (Å²) in [6.07, 6.45) is 3.13. The van der Waals surface area contributed by atoms with Gasteiger partial charge in [0.15, 0.2) is 5.16 Å². The number of nitrogens with zero attached hydrogens (tertiary/aromatic N) is 3. The minimum Gasteiger partial charge on any atom is -0.496 e. The molecule has 0 radical (unpaired) electrons. The second-order valence-electron chi connectivity index (χ2n) is 8.91. The van der Waals surface area contributed by atoms with Crippen molar-refractivity contribution in [3.05, 3.63) is 34.5 Å². The molecule has 0 aliphatic carbocycles. The lowest BCUT2D eigenvalue weighted by Crippen LogP contribution is -2.41. The van der Waals surface area contributed by atoms with Crippen LogP contribution in [0.1, 0.15) is 55.5 Å². The largest absolute Gasteiger partial charge is 0.496 e. The molecule has 1 aliphatic rings. The monoisotopic (exact) mass is 507 g/mol. The predicted molar refractivity (Wildman–Crippen MR) is 133 cm³/mol. The number of methoxy groups -OCH3 is 1. The number of hydrogen-bond donors (Lipinski definition) is 2. The molecular formula is C23H30ClN5O4S. The Morgan fingerprint density at radius 1 is 1.24 bits per heavy atom. The smallest absolute Gasteiger partial charge is 0.410 e. The Balaban J connectivity index is 1.77. The zero-order valence-electron chi connectivity index (χ0n) is 20.0. The Kier molecular flexibility index (Phi) is 8.14. The van der Waals surface area contributed by atoms with Crippen LogP contribution < -0.4 is 15.8 Å². The molecule has 1 aliphatic heterocycles. The van der Waals surface area contributed by atoms with Crippen LogP contribution in [0.3, 0.4) is 0 Å². The van der Waals surface area contributed by atoms with Crippen molar-refractivity contribution in [2.45, 2.75) is 50.3 Å². The number of nitrogens with two attached hydrogens (primary N) is 1. The van der Waals surface area contributed by atoms with Gasteiger partial charge in [-0.3, -0.25) is 4.79 Å². The van der Waals surface area contributed by atoms with Gasteiger partial charge in [0.1, 0.15) is 27.9 Å². The van der Waals surface area contributed by atoms with Crippen LogP contribution in [0, 0.1) is 0 Å². The Labute approximate surface area is 208 Å². The van der Waals surface area contributed by atoms with Crippen LogP contribution in [-0.2, 0) is 4.74 Å². The number of rotatable bonds is 6. The van der Waals surface area contributed by atoms with Crippen molar-refractivity contribution in [1.29, 1.82) is 0 Å². The summed E-state index contributed by atoms with van der Waals surface area (Å²) in [5.74, 6) is 0.449. The third-order valence-corrected chi connectivity index (χ3v) is 6.18. The average Bonchev–Trinajstić information content (AvgIpc) is 2.77. The molecule has 0 saturated carbocycles. The Hall–Kier alpha value is -2.72. The van der Waals surface area contributed by atoms with Crippen molar-refractivity contribution in [2.75, 3.05) is 31.8 Å². The molecule has 184 valence electrons. The Bertz CT molecular complexity index is 1070. The van der Waals surface area contributed by atoms with Gasteiger partial charge in [-0.25, -0.2) is 14.8 Å². The second-order valence-corrected chi connectivity index (χ2v) is 10.0. The molecule has 2 heterocycles. The van der Waals surface area contributed by atoms with Gasteiger partial charge in [0.25, 0.3) is 5.91 Å². The molecule has 2 amide bonds. The van der Waals surface area contributed by atoms with Gasteiger partial charge >= 0.3 is 6.09 Å². The van der Waals surface area contributed by atoms with Gasteiger partial charge < -0.3 is 25.4 Å². The summed E-state index contributed by atoms with van der Waals surface area (Å²) in [4.78, 5) is 34.5. The van der Waals surface area contributed by atoms with Gasteiger partial charge in [0.05, 0.1) is 7.11 Å². The van der Waals surface area contributed by atoms with E-state index < -0.39 is 11.5 Å². The van der Waals surface area contributed by atoms with Crippen LogP contribution >= 0.6 is 23.4 Å². The number of ether oxygens (including phenoxy) is 2. The number of primary amides is 1. The normalized spacial score (nSPS) is 14.6. The number of benzene rings is 1. The van der Waals surface area contributed by atoms with Crippen LogP contribution in [0.25, 0.3) is 0 Å². The minimum absolute atomic E-state index is 0.00492. The van der Waals surface area contributed by atoms with Crippen molar-refractivity contribution >= 4 is 46.9 Å². The molecule has 3 rings (SSSR count). The first-order valence-electron chi connectivity index (χ1n) is 10.9. The number of nitrogens with one attached hydrogen (secondary N) is 1. The van der Waals surface area contributed by atoms with E-state index >= 15 is 0 Å². The first-order chi connectivity index (χ1) is 16.0. The number of carbonyl (C=O) groups excluding carboxylic acids is 2. The summed E-state index contributed by atoms with van der Waals surface area (Å²) < 4.78 is 11.2. The fraction of sp³-hybridized carbons (Fsp3) is 0.478. The summed E-state index contributed by atoms with van der Waals surface area (Å²) in [6.45, 7) is 6.81. The lowest BCUT2D eigenvalue weighted by Gasteiger charge is -2.34. The lowest BCUT2D eigenvalue weighted by molar-refractivity contribution is 0.0204. The first kappa shape index (κ1) is 25.9. The maximum Gasteiger partial charge on any atom is 0.410 e. The molecule has 11 heteroatoms. The predicted octanol–water partition coefficient (Wildman–Crippen LogP) is 4.82. The van der Waals surface area contributed by atoms with Gasteiger partial charge in [-0.1, -0.05) is 29.4 Å². The van der Waals surface area contributed by atoms with Crippen LogP contribution in [0.2, 0.25) is 5.15 Å². The highest BCUT2D eigenvalue weighted by Gasteiger charge is 2.29. The van der Waals surface area contributed by atoms with E-state index in [-0.39, 0.29) is 28.5 Å². The van der Waals surface area contributed by atoms with E-state index in [1.807, 2.05) is 45.2 Å². The molecular weight excluding hydrogens is 478 g/mol. The standard InChI is InChI=1S/C23H30ClN5O4S/c1-23(2,3)33-22(31)29-10-8-13(9-11-29)15-7-6-14(12-16(15)32-4)26-20-17(19(25)30)18(24)27-21(28-20)34-5/h6-7,12-13H,8-11H2,1-5H3,(H2,25,30)(H,26,27,28). The number of anilines is 2. The third kappa shape index (κ3) is 6.24. The second kappa shape index (κ2) is 10.7. The van der Waals surface area contributed by atoms with Gasteiger partial charge in [0.2, 0.25) is 0 Å². The highest BCUT2D eigenvalue weighted by atomic mass is 35.5. The minimum atomic E-state index is -0.722. The average molecular weight is 508 g/mol. The molecule has 0 bridgehead atoms. The van der Waals surface area contributed by atoms with Gasteiger partial charge in [-0.05, 0) is 57.4 Å². The summed E-state index contributed by atoms with van der Waals surface area (Å²) in [5, 5.41) is 3.53. The fourth-order valence-electron chi connectivity index (χ4n) is 3.78. The van der Waals surface area contributed by atoms with Gasteiger partial charge in [0, 0.05) is 24.8 Å². The van der Waals surface area contributed by atoms with Crippen molar-refractivity contribution in [3.8, 4) is 5.75 Å². The highest BCUT2D eigenvalue weighted by molar-refractivity contribution is 7.98. The molecule has 2 aromatic rings. The Morgan fingerprint density at radius 2 is 1.91 bits per heavy atom. The molecule has 9 nitrogen and oxygen atoms in total. The molecule has 0 spiro atoms. The number of thioether (sulfide) groups is 1. The zero-order chi connectivity index (χ0) is 25.0. The first-order valence-corrected chi connectivity index (χ1v) is 12.5.